The van der Waals surface area contributed by atoms with Gasteiger partial charge in [0.05, 0.1) is 0 Å². The molecular formula is C25H32N6O2. The molecule has 8 heteroatoms. The molecule has 1 fully saturated rings. The van der Waals surface area contributed by atoms with Gasteiger partial charge < -0.3 is 15.2 Å². The summed E-state index contributed by atoms with van der Waals surface area (Å²) in [4.78, 5) is 33.5. The Morgan fingerprint density at radius 2 is 1.91 bits per heavy atom. The maximum Gasteiger partial charge on any atom is 0.332 e. The number of hydrogen-bond donors (Lipinski definition) is 1. The first kappa shape index (κ1) is 22.8. The normalized spacial score (nSPS) is 16.6. The van der Waals surface area contributed by atoms with Crippen LogP contribution < -0.4 is 21.9 Å². The Balaban J connectivity index is 1.83. The molecule has 1 aromatic carbocycles. The Morgan fingerprint density at radius 1 is 1.15 bits per heavy atom. The molecule has 1 saturated heterocycles. The van der Waals surface area contributed by atoms with Crippen LogP contribution in [0.25, 0.3) is 17.2 Å². The quantitative estimate of drug-likeness (QED) is 0.585. The number of benzene rings is 1. The van der Waals surface area contributed by atoms with Crippen LogP contribution in [-0.2, 0) is 20.1 Å². The van der Waals surface area contributed by atoms with Gasteiger partial charge in [-0.05, 0) is 32.3 Å². The molecule has 2 N–H and O–H groups in total. The van der Waals surface area contributed by atoms with Crippen molar-refractivity contribution in [1.29, 1.82) is 0 Å². The minimum Gasteiger partial charge on any atom is -0.341 e. The van der Waals surface area contributed by atoms with E-state index >= 15 is 0 Å². The molecule has 1 aliphatic rings. The summed E-state index contributed by atoms with van der Waals surface area (Å²) in [5.74, 6) is 0.697. The zero-order valence-electron chi connectivity index (χ0n) is 19.6. The highest BCUT2D eigenvalue weighted by atomic mass is 16.2. The maximum atomic E-state index is 13.6. The summed E-state index contributed by atoms with van der Waals surface area (Å²) in [6.45, 7) is 6.26. The van der Waals surface area contributed by atoms with Gasteiger partial charge in [-0.15, -0.1) is 0 Å². The molecule has 4 rings (SSSR count). The first-order valence-electron chi connectivity index (χ1n) is 11.4. The van der Waals surface area contributed by atoms with Gasteiger partial charge in [0.1, 0.15) is 0 Å². The summed E-state index contributed by atoms with van der Waals surface area (Å²) < 4.78 is 4.67. The van der Waals surface area contributed by atoms with Gasteiger partial charge in [0.15, 0.2) is 11.2 Å². The number of rotatable bonds is 6. The summed E-state index contributed by atoms with van der Waals surface area (Å²) in [6.07, 6.45) is 7.77. The number of hydrogen-bond acceptors (Lipinski definition) is 5. The van der Waals surface area contributed by atoms with E-state index in [1.54, 1.807) is 7.05 Å². The average molecular weight is 449 g/mol. The number of anilines is 1. The van der Waals surface area contributed by atoms with E-state index in [1.165, 1.54) is 9.13 Å². The van der Waals surface area contributed by atoms with Gasteiger partial charge in [0, 0.05) is 39.3 Å². The Hall–Kier alpha value is -3.39. The third-order valence-electron chi connectivity index (χ3n) is 6.03. The van der Waals surface area contributed by atoms with Crippen molar-refractivity contribution in [2.45, 2.75) is 45.8 Å². The largest absolute Gasteiger partial charge is 0.341 e. The van der Waals surface area contributed by atoms with Gasteiger partial charge in [-0.1, -0.05) is 54.1 Å². The highest BCUT2D eigenvalue weighted by Crippen LogP contribution is 2.23. The molecule has 2 aromatic heterocycles. The summed E-state index contributed by atoms with van der Waals surface area (Å²) in [6, 6.07) is 9.87. The van der Waals surface area contributed by atoms with Crippen LogP contribution >= 0.6 is 0 Å². The van der Waals surface area contributed by atoms with E-state index in [0.29, 0.717) is 30.2 Å². The first-order chi connectivity index (χ1) is 15.9. The van der Waals surface area contributed by atoms with Crippen LogP contribution in [0.15, 0.2) is 57.6 Å². The summed E-state index contributed by atoms with van der Waals surface area (Å²) in [7, 11) is 1.67. The first-order valence-corrected chi connectivity index (χ1v) is 11.4. The minimum atomic E-state index is -0.376. The SMILES string of the molecule is CC(C)=CCn1c(N2CCCC(N)C2)nc2c1c(=O)n(CC=Cc1ccccc1)c(=O)n2C. The Bertz CT molecular complexity index is 1310. The van der Waals surface area contributed by atoms with Crippen LogP contribution in [0.4, 0.5) is 5.95 Å². The van der Waals surface area contributed by atoms with Crippen molar-refractivity contribution in [3.05, 3.63) is 74.5 Å². The van der Waals surface area contributed by atoms with E-state index < -0.39 is 0 Å². The van der Waals surface area contributed by atoms with Crippen LogP contribution in [0, 0.1) is 0 Å². The summed E-state index contributed by atoms with van der Waals surface area (Å²) in [5.41, 5.74) is 8.53. The van der Waals surface area contributed by atoms with Crippen molar-refractivity contribution < 1.29 is 0 Å². The topological polar surface area (TPSA) is 91.1 Å². The number of aromatic nitrogens is 4. The fraction of sp³-hybridized carbons (Fsp3) is 0.400. The van der Waals surface area contributed by atoms with Gasteiger partial charge >= 0.3 is 5.69 Å². The molecule has 0 saturated carbocycles. The van der Waals surface area contributed by atoms with Crippen molar-refractivity contribution in [3.8, 4) is 0 Å². The maximum absolute atomic E-state index is 13.6. The number of aryl methyl sites for hydroxylation is 1. The standard InChI is InChI=1S/C25H32N6O2/c1-18(2)13-16-30-21-22(27-24(30)29-14-8-12-20(26)17-29)28(3)25(33)31(23(21)32)15-7-11-19-9-5-4-6-10-19/h4-7,9-11,13,20H,8,12,14-17,26H2,1-3H3. The fourth-order valence-corrected chi connectivity index (χ4v) is 4.26. The van der Waals surface area contributed by atoms with Gasteiger partial charge in [-0.25, -0.2) is 4.79 Å². The molecule has 3 heterocycles. The second-order valence-electron chi connectivity index (χ2n) is 8.89. The Labute approximate surface area is 193 Å². The third kappa shape index (κ3) is 4.71. The summed E-state index contributed by atoms with van der Waals surface area (Å²) in [5, 5.41) is 0. The van der Waals surface area contributed by atoms with Crippen molar-refractivity contribution in [1.82, 2.24) is 18.7 Å². The van der Waals surface area contributed by atoms with Gasteiger partial charge in [0.2, 0.25) is 5.95 Å². The molecule has 0 spiro atoms. The van der Waals surface area contributed by atoms with E-state index in [-0.39, 0.29) is 23.8 Å². The molecule has 0 aliphatic carbocycles. The van der Waals surface area contributed by atoms with Crippen LogP contribution in [0.3, 0.4) is 0 Å². The van der Waals surface area contributed by atoms with Crippen LogP contribution in [-0.4, -0.2) is 37.8 Å². The number of nitrogens with zero attached hydrogens (tertiary/aromatic N) is 5. The Morgan fingerprint density at radius 3 is 2.61 bits per heavy atom. The molecule has 1 aliphatic heterocycles. The average Bonchev–Trinajstić information content (AvgIpc) is 3.19. The molecule has 1 unspecified atom stereocenters. The molecular weight excluding hydrogens is 416 g/mol. The smallest absolute Gasteiger partial charge is 0.332 e. The van der Waals surface area contributed by atoms with Crippen LogP contribution in [0.2, 0.25) is 0 Å². The molecule has 174 valence electrons. The number of piperidine rings is 1. The van der Waals surface area contributed by atoms with E-state index in [2.05, 4.69) is 11.0 Å². The molecule has 0 bridgehead atoms. The molecule has 3 aromatic rings. The van der Waals surface area contributed by atoms with Gasteiger partial charge in [-0.2, -0.15) is 4.98 Å². The lowest BCUT2D eigenvalue weighted by atomic mass is 10.1. The zero-order valence-corrected chi connectivity index (χ0v) is 19.6. The second kappa shape index (κ2) is 9.62. The number of nitrogens with two attached hydrogens (primary N) is 1. The number of allylic oxidation sites excluding steroid dienone is 3. The predicted molar refractivity (Wildman–Crippen MR) is 134 cm³/mol. The van der Waals surface area contributed by atoms with E-state index in [1.807, 2.05) is 60.9 Å². The fourth-order valence-electron chi connectivity index (χ4n) is 4.26. The van der Waals surface area contributed by atoms with Crippen molar-refractivity contribution in [2.24, 2.45) is 12.8 Å². The molecule has 0 amide bonds. The van der Waals surface area contributed by atoms with Crippen LogP contribution in [0.1, 0.15) is 32.3 Å². The zero-order chi connectivity index (χ0) is 23.5. The highest BCUT2D eigenvalue weighted by Gasteiger charge is 2.25. The third-order valence-corrected chi connectivity index (χ3v) is 6.03. The monoisotopic (exact) mass is 448 g/mol. The summed E-state index contributed by atoms with van der Waals surface area (Å²) >= 11 is 0. The Kier molecular flexibility index (Phi) is 6.65. The minimum absolute atomic E-state index is 0.0686. The highest BCUT2D eigenvalue weighted by molar-refractivity contribution is 5.74. The van der Waals surface area contributed by atoms with Crippen molar-refractivity contribution in [2.75, 3.05) is 18.0 Å². The van der Waals surface area contributed by atoms with Crippen molar-refractivity contribution >= 4 is 23.2 Å². The van der Waals surface area contributed by atoms with Gasteiger partial charge in [-0.3, -0.25) is 13.9 Å². The van der Waals surface area contributed by atoms with Crippen molar-refractivity contribution in [3.63, 3.8) is 0 Å². The van der Waals surface area contributed by atoms with E-state index in [0.717, 1.165) is 30.5 Å². The number of imidazole rings is 1. The van der Waals surface area contributed by atoms with E-state index in [9.17, 15) is 9.59 Å². The van der Waals surface area contributed by atoms with Crippen LogP contribution in [0.5, 0.6) is 0 Å². The lowest BCUT2D eigenvalue weighted by Crippen LogP contribution is -2.44. The predicted octanol–water partition coefficient (Wildman–Crippen LogP) is 2.50. The van der Waals surface area contributed by atoms with E-state index in [4.69, 9.17) is 10.7 Å². The molecule has 1 atom stereocenters. The lowest BCUT2D eigenvalue weighted by molar-refractivity contribution is 0.495. The second-order valence-corrected chi connectivity index (χ2v) is 8.89. The number of fused-ring (bicyclic) bond motifs is 1. The molecule has 0 radical (unpaired) electrons. The van der Waals surface area contributed by atoms with Gasteiger partial charge in [0.25, 0.3) is 5.56 Å². The molecule has 8 nitrogen and oxygen atoms in total. The lowest BCUT2D eigenvalue weighted by Gasteiger charge is -2.31. The molecule has 33 heavy (non-hydrogen) atoms.